The minimum atomic E-state index is -0.427. The Hall–Kier alpha value is -3.12. The number of rotatable bonds is 2. The molecular weight excluding hydrogens is 345 g/mol. The molecule has 0 amide bonds. The van der Waals surface area contributed by atoms with Gasteiger partial charge in [-0.15, -0.1) is 0 Å². The van der Waals surface area contributed by atoms with Crippen LogP contribution in [0.25, 0.3) is 22.9 Å². The fraction of sp³-hybridized carbons (Fsp3) is 0.190. The largest absolute Gasteiger partial charge is 0.451 e. The monoisotopic (exact) mass is 363 g/mol. The maximum absolute atomic E-state index is 15.1. The third kappa shape index (κ3) is 2.61. The highest BCUT2D eigenvalue weighted by molar-refractivity contribution is 5.96. The number of halogens is 1. The minimum absolute atomic E-state index is 0.214. The van der Waals surface area contributed by atoms with Gasteiger partial charge in [0.25, 0.3) is 0 Å². The van der Waals surface area contributed by atoms with Gasteiger partial charge in [0.1, 0.15) is 11.2 Å². The number of ether oxygens (including phenoxy) is 1. The number of anilines is 1. The van der Waals surface area contributed by atoms with Crippen LogP contribution in [0.5, 0.6) is 5.75 Å². The molecule has 1 fully saturated rings. The topological polar surface area (TPSA) is 46.5 Å². The smallest absolute Gasteiger partial charge is 0.189 e. The van der Waals surface area contributed by atoms with Crippen LogP contribution in [-0.2, 0) is 0 Å². The van der Waals surface area contributed by atoms with Gasteiger partial charge in [0.2, 0.25) is 0 Å². The number of pyridine rings is 1. The molecule has 0 radical (unpaired) electrons. The van der Waals surface area contributed by atoms with Crippen LogP contribution in [0.15, 0.2) is 53.5 Å². The van der Waals surface area contributed by atoms with Crippen LogP contribution in [0.3, 0.4) is 0 Å². The Kier molecular flexibility index (Phi) is 3.72. The lowest BCUT2D eigenvalue weighted by Crippen LogP contribution is -2.44. The first-order chi connectivity index (χ1) is 13.2. The lowest BCUT2D eigenvalue weighted by molar-refractivity contribution is 0.496. The van der Waals surface area contributed by atoms with Crippen molar-refractivity contribution in [3.63, 3.8) is 0 Å². The Morgan fingerprint density at radius 2 is 1.85 bits per heavy atom. The first-order valence-electron chi connectivity index (χ1n) is 9.00. The summed E-state index contributed by atoms with van der Waals surface area (Å²) in [7, 11) is 0. The molecule has 3 heterocycles. The van der Waals surface area contributed by atoms with Gasteiger partial charge in [-0.2, -0.15) is 0 Å². The summed E-state index contributed by atoms with van der Waals surface area (Å²) in [5.74, 6) is 0.601. The lowest BCUT2D eigenvalue weighted by atomic mass is 10.1. The molecule has 0 spiro atoms. The molecule has 1 aromatic heterocycles. The first-order valence-corrected chi connectivity index (χ1v) is 9.00. The Labute approximate surface area is 155 Å². The van der Waals surface area contributed by atoms with Gasteiger partial charge >= 0.3 is 0 Å². The van der Waals surface area contributed by atoms with E-state index in [-0.39, 0.29) is 5.43 Å². The van der Waals surface area contributed by atoms with Crippen molar-refractivity contribution >= 4 is 28.5 Å². The first kappa shape index (κ1) is 16.1. The second kappa shape index (κ2) is 6.25. The predicted octanol–water partition coefficient (Wildman–Crippen LogP) is 2.90. The molecule has 6 heteroatoms. The molecule has 2 aliphatic heterocycles. The molecule has 1 saturated heterocycles. The summed E-state index contributed by atoms with van der Waals surface area (Å²) in [4.78, 5) is 14.3. The van der Waals surface area contributed by atoms with E-state index in [1.807, 2.05) is 46.0 Å². The predicted molar refractivity (Wildman–Crippen MR) is 104 cm³/mol. The van der Waals surface area contributed by atoms with Crippen molar-refractivity contribution < 1.29 is 9.13 Å². The fourth-order valence-corrected chi connectivity index (χ4v) is 3.75. The van der Waals surface area contributed by atoms with Gasteiger partial charge in [-0.05, 0) is 6.07 Å². The molecule has 136 valence electrons. The van der Waals surface area contributed by atoms with E-state index >= 15 is 4.39 Å². The minimum Gasteiger partial charge on any atom is -0.451 e. The Morgan fingerprint density at radius 1 is 1.07 bits per heavy atom. The van der Waals surface area contributed by atoms with Crippen LogP contribution in [0.2, 0.25) is 0 Å². The van der Waals surface area contributed by atoms with E-state index in [2.05, 4.69) is 5.32 Å². The van der Waals surface area contributed by atoms with Crippen molar-refractivity contribution in [2.75, 3.05) is 31.1 Å². The standard InChI is InChI=1S/C21H18FN3O2/c22-16-12-15-17(26)6-9-25-13-18(14-4-2-1-3-5-14)27-21(19(15)25)20(16)24-10-7-23-8-11-24/h1-6,9,12-13,23H,7-8,10-11H2. The van der Waals surface area contributed by atoms with Crippen LogP contribution >= 0.6 is 0 Å². The van der Waals surface area contributed by atoms with Gasteiger partial charge in [-0.1, -0.05) is 30.3 Å². The second-order valence-electron chi connectivity index (χ2n) is 6.72. The summed E-state index contributed by atoms with van der Waals surface area (Å²) in [5, 5.41) is 3.60. The molecule has 0 aliphatic carbocycles. The van der Waals surface area contributed by atoms with Crippen LogP contribution < -0.4 is 20.4 Å². The van der Waals surface area contributed by atoms with E-state index in [1.165, 1.54) is 12.1 Å². The third-order valence-electron chi connectivity index (χ3n) is 5.05. The van der Waals surface area contributed by atoms with Crippen molar-refractivity contribution in [2.45, 2.75) is 0 Å². The van der Waals surface area contributed by atoms with Crippen LogP contribution in [-0.4, -0.2) is 30.7 Å². The van der Waals surface area contributed by atoms with Crippen molar-refractivity contribution in [1.29, 1.82) is 0 Å². The van der Waals surface area contributed by atoms with E-state index in [0.717, 1.165) is 18.7 Å². The molecule has 0 saturated carbocycles. The zero-order valence-corrected chi connectivity index (χ0v) is 14.6. The summed E-state index contributed by atoms with van der Waals surface area (Å²) in [6, 6.07) is 12.5. The summed E-state index contributed by atoms with van der Waals surface area (Å²) in [5.41, 5.74) is 1.71. The van der Waals surface area contributed by atoms with E-state index in [0.29, 0.717) is 41.2 Å². The third-order valence-corrected chi connectivity index (χ3v) is 5.05. The second-order valence-corrected chi connectivity index (χ2v) is 6.72. The SMILES string of the molecule is O=c1ccn2c3c(c(N4CCNCC4)c(F)cc13)OC(c1ccccc1)=C2. The zero-order valence-electron chi connectivity index (χ0n) is 14.6. The van der Waals surface area contributed by atoms with E-state index in [9.17, 15) is 4.79 Å². The maximum atomic E-state index is 15.1. The number of aromatic nitrogens is 1. The quantitative estimate of drug-likeness (QED) is 0.761. The number of nitrogens with zero attached hydrogens (tertiary/aromatic N) is 2. The summed E-state index contributed by atoms with van der Waals surface area (Å²) in [6.07, 6.45) is 3.54. The Morgan fingerprint density at radius 3 is 2.63 bits per heavy atom. The van der Waals surface area contributed by atoms with Crippen LogP contribution in [0.1, 0.15) is 5.56 Å². The molecule has 3 aromatic rings. The number of benzene rings is 2. The summed E-state index contributed by atoms with van der Waals surface area (Å²) in [6.45, 7) is 2.92. The normalized spacial score (nSPS) is 16.2. The molecule has 2 aromatic carbocycles. The van der Waals surface area contributed by atoms with Crippen LogP contribution in [0, 0.1) is 5.82 Å². The van der Waals surface area contributed by atoms with Crippen molar-refractivity contribution in [3.8, 4) is 5.75 Å². The highest BCUT2D eigenvalue weighted by Crippen LogP contribution is 2.42. The molecule has 0 unspecified atom stereocenters. The van der Waals surface area contributed by atoms with E-state index < -0.39 is 5.82 Å². The van der Waals surface area contributed by atoms with E-state index in [4.69, 9.17) is 4.74 Å². The highest BCUT2D eigenvalue weighted by atomic mass is 19.1. The van der Waals surface area contributed by atoms with Gasteiger partial charge in [0, 0.05) is 44.0 Å². The van der Waals surface area contributed by atoms with Gasteiger partial charge in [0.05, 0.1) is 11.6 Å². The van der Waals surface area contributed by atoms with Gasteiger partial charge in [-0.25, -0.2) is 4.39 Å². The molecule has 0 bridgehead atoms. The molecule has 27 heavy (non-hydrogen) atoms. The molecule has 5 rings (SSSR count). The van der Waals surface area contributed by atoms with Crippen molar-refractivity contribution in [2.24, 2.45) is 0 Å². The van der Waals surface area contributed by atoms with Crippen molar-refractivity contribution in [3.05, 3.63) is 70.3 Å². The lowest BCUT2D eigenvalue weighted by Gasteiger charge is -2.33. The highest BCUT2D eigenvalue weighted by Gasteiger charge is 2.27. The molecule has 0 atom stereocenters. The Balaban J connectivity index is 1.77. The Bertz CT molecular complexity index is 1120. The number of hydrogen-bond acceptors (Lipinski definition) is 4. The van der Waals surface area contributed by atoms with Gasteiger partial charge in [0.15, 0.2) is 22.8 Å². The molecule has 5 nitrogen and oxygen atoms in total. The average Bonchev–Trinajstić information content (AvgIpc) is 2.71. The van der Waals surface area contributed by atoms with Crippen LogP contribution in [0.4, 0.5) is 10.1 Å². The molecular formula is C21H18FN3O2. The molecule has 2 aliphatic rings. The zero-order chi connectivity index (χ0) is 18.4. The fourth-order valence-electron chi connectivity index (χ4n) is 3.75. The molecule has 1 N–H and O–H groups in total. The number of piperazine rings is 1. The van der Waals surface area contributed by atoms with Gasteiger partial charge < -0.3 is 19.5 Å². The number of nitrogens with one attached hydrogen (secondary N) is 1. The van der Waals surface area contributed by atoms with Crippen molar-refractivity contribution in [1.82, 2.24) is 9.88 Å². The summed E-state index contributed by atoms with van der Waals surface area (Å²) >= 11 is 0. The van der Waals surface area contributed by atoms with E-state index in [1.54, 1.807) is 6.20 Å². The maximum Gasteiger partial charge on any atom is 0.189 e. The van der Waals surface area contributed by atoms with Gasteiger partial charge in [-0.3, -0.25) is 4.79 Å². The average molecular weight is 363 g/mol. The number of hydrogen-bond donors (Lipinski definition) is 1. The summed E-state index contributed by atoms with van der Waals surface area (Å²) < 4.78 is 23.2.